The van der Waals surface area contributed by atoms with Crippen LogP contribution in [0.2, 0.25) is 0 Å². The van der Waals surface area contributed by atoms with Crippen LogP contribution in [0, 0.1) is 15.3 Å². The summed E-state index contributed by atoms with van der Waals surface area (Å²) in [6.45, 7) is 0. The summed E-state index contributed by atoms with van der Waals surface area (Å²) in [7, 11) is 0. The fourth-order valence-corrected chi connectivity index (χ4v) is 0. The Hall–Kier alpha value is -0.810. The Morgan fingerprint density at radius 1 is 1.30 bits per heavy atom. The van der Waals surface area contributed by atoms with Gasteiger partial charge >= 0.3 is 0 Å². The Kier molecular flexibility index (Phi) is 36.0. The zero-order valence-electron chi connectivity index (χ0n) is 5.34. The molecule has 0 rings (SSSR count). The van der Waals surface area contributed by atoms with Gasteiger partial charge in [-0.15, -0.1) is 0 Å². The minimum atomic E-state index is -2.86. The van der Waals surface area contributed by atoms with Crippen molar-refractivity contribution in [3.05, 3.63) is 15.3 Å². The highest BCUT2D eigenvalue weighted by Crippen LogP contribution is 1.44. The van der Waals surface area contributed by atoms with Crippen LogP contribution in [0.4, 0.5) is 0 Å². The Bertz CT molecular complexity index is 71.0. The van der Waals surface area contributed by atoms with Crippen molar-refractivity contribution in [2.24, 2.45) is 0 Å². The Labute approximate surface area is 58.4 Å². The number of nitrogens with zero attached hydrogens (tertiary/aromatic N) is 1. The minimum absolute atomic E-state index is 0. The summed E-state index contributed by atoms with van der Waals surface area (Å²) in [4.78, 5) is 8.25. The third-order valence-corrected chi connectivity index (χ3v) is 0. The molecule has 0 fully saturated rings. The van der Waals surface area contributed by atoms with Gasteiger partial charge in [-0.25, -0.2) is 4.21 Å². The van der Waals surface area contributed by atoms with Gasteiger partial charge in [0.05, 0.1) is 16.4 Å². The van der Waals surface area contributed by atoms with Crippen LogP contribution in [-0.4, -0.2) is 18.4 Å². The molecule has 0 heterocycles. The van der Waals surface area contributed by atoms with E-state index in [0.717, 1.165) is 0 Å². The van der Waals surface area contributed by atoms with Gasteiger partial charge in [-0.05, 0) is 0 Å². The number of quaternary nitrogens is 2. The fourth-order valence-electron chi connectivity index (χ4n) is 0. The second-order valence-corrected chi connectivity index (χ2v) is 0.875. The normalized spacial score (nSPS) is 8.60. The molecule has 0 aliphatic rings. The van der Waals surface area contributed by atoms with Gasteiger partial charge < -0.3 is 36.7 Å². The number of hydrogen-bond donors (Lipinski definition) is 3. The standard InChI is InChI=1S/NO3.2H3N.H2O3S/c2-1(3)4;;;1-4(2)3/h;2*1H3;(H2,1,2,3)/q-1;;;/p+1. The Balaban J connectivity index is -0.0000000300. The van der Waals surface area contributed by atoms with Crippen LogP contribution >= 0.6 is 0 Å². The molecule has 0 radical (unpaired) electrons. The van der Waals surface area contributed by atoms with Gasteiger partial charge in [0, 0.05) is 0 Å². The molecule has 10 heavy (non-hydrogen) atoms. The van der Waals surface area contributed by atoms with Crippen LogP contribution in [-0.2, 0) is 11.4 Å². The van der Waals surface area contributed by atoms with Crippen molar-refractivity contribution in [2.75, 3.05) is 0 Å². The zero-order valence-corrected chi connectivity index (χ0v) is 6.16. The summed E-state index contributed by atoms with van der Waals surface area (Å²) in [6, 6.07) is 0. The highest BCUT2D eigenvalue weighted by Gasteiger charge is 1.45. The molecule has 0 saturated carbocycles. The lowest BCUT2D eigenvalue weighted by Crippen LogP contribution is -1.75. The summed E-state index contributed by atoms with van der Waals surface area (Å²) >= 11 is -2.86. The molecule has 66 valence electrons. The first kappa shape index (κ1) is 22.9. The molecule has 9 nitrogen and oxygen atoms in total. The molecule has 0 aliphatic carbocycles. The maximum atomic E-state index is 8.56. The maximum Gasteiger partial charge on any atom is 0.0814 e. The van der Waals surface area contributed by atoms with Gasteiger partial charge in [-0.1, -0.05) is 0 Å². The maximum absolute atomic E-state index is 8.56. The lowest BCUT2D eigenvalue weighted by Gasteiger charge is -1.83. The van der Waals surface area contributed by atoms with Crippen molar-refractivity contribution in [3.8, 4) is 0 Å². The predicted octanol–water partition coefficient (Wildman–Crippen LogP) is -0.148. The molecule has 0 bridgehead atoms. The van der Waals surface area contributed by atoms with Crippen molar-refractivity contribution in [2.45, 2.75) is 0 Å². The predicted molar refractivity (Wildman–Crippen MR) is 33.9 cm³/mol. The van der Waals surface area contributed by atoms with Gasteiger partial charge in [-0.3, -0.25) is 0 Å². The second kappa shape index (κ2) is 15.7. The quantitative estimate of drug-likeness (QED) is 0.262. The van der Waals surface area contributed by atoms with Crippen LogP contribution in [0.1, 0.15) is 0 Å². The highest BCUT2D eigenvalue weighted by atomic mass is 32.2. The summed E-state index contributed by atoms with van der Waals surface area (Å²) < 4.78 is 24.1. The van der Waals surface area contributed by atoms with E-state index in [1.807, 2.05) is 0 Å². The average Bonchev–Trinajstić information content (AvgIpc) is 1.25. The third kappa shape index (κ3) is 420. The summed E-state index contributed by atoms with van der Waals surface area (Å²) in [6.07, 6.45) is 0. The second-order valence-electron chi connectivity index (χ2n) is 0.441. The van der Waals surface area contributed by atoms with Crippen LogP contribution in [0.25, 0.3) is 0 Å². The molecular weight excluding hydrogens is 170 g/mol. The molecule has 0 aromatic carbocycles. The molecule has 0 aliphatic heterocycles. The molecule has 1 atom stereocenters. The third-order valence-electron chi connectivity index (χ3n) is 0. The van der Waals surface area contributed by atoms with Crippen molar-refractivity contribution in [1.29, 1.82) is 0 Å². The first-order valence-corrected chi connectivity index (χ1v) is 2.10. The molecule has 0 aromatic rings. The van der Waals surface area contributed by atoms with E-state index in [1.165, 1.54) is 0 Å². The molecule has 1 unspecified atom stereocenters. The van der Waals surface area contributed by atoms with Crippen molar-refractivity contribution < 1.29 is 18.4 Å². The lowest BCUT2D eigenvalue weighted by atomic mass is 13.1. The molecular formula is H9N3O6S. The first-order chi connectivity index (χ1) is 3.46. The van der Waals surface area contributed by atoms with E-state index >= 15 is 0 Å². The van der Waals surface area contributed by atoms with E-state index in [-0.39, 0.29) is 12.3 Å². The van der Waals surface area contributed by atoms with E-state index < -0.39 is 16.4 Å². The van der Waals surface area contributed by atoms with Crippen LogP contribution in [0.3, 0.4) is 0 Å². The first-order valence-electron chi connectivity index (χ1n) is 1.06. The van der Waals surface area contributed by atoms with Crippen LogP contribution in [0.5, 0.6) is 0 Å². The Morgan fingerprint density at radius 2 is 1.30 bits per heavy atom. The molecule has 0 aromatic heterocycles. The molecule has 10 heteroatoms. The largest absolute Gasteiger partial charge is 0.750 e. The van der Waals surface area contributed by atoms with Gasteiger partial charge in [-0.2, -0.15) is 0 Å². The van der Waals surface area contributed by atoms with Crippen molar-refractivity contribution in [1.82, 2.24) is 12.3 Å². The van der Waals surface area contributed by atoms with Crippen LogP contribution < -0.4 is 12.3 Å². The SMILES string of the molecule is O=S([O-])O.O=[N+]([O-])[O-].[NH4+].[NH4+]. The molecule has 0 saturated heterocycles. The van der Waals surface area contributed by atoms with E-state index in [0.29, 0.717) is 0 Å². The van der Waals surface area contributed by atoms with E-state index in [4.69, 9.17) is 28.6 Å². The van der Waals surface area contributed by atoms with E-state index in [2.05, 4.69) is 0 Å². The van der Waals surface area contributed by atoms with Gasteiger partial charge in [0.2, 0.25) is 0 Å². The zero-order chi connectivity index (χ0) is 7.15. The molecule has 0 spiro atoms. The summed E-state index contributed by atoms with van der Waals surface area (Å²) in [5.74, 6) is 0. The topological polar surface area (TPSA) is 200 Å². The molecule has 9 N–H and O–H groups in total. The van der Waals surface area contributed by atoms with E-state index in [1.54, 1.807) is 0 Å². The molecule has 0 amide bonds. The highest BCUT2D eigenvalue weighted by molar-refractivity contribution is 7.73. The summed E-state index contributed by atoms with van der Waals surface area (Å²) in [5, 5.41) is 14.8. The van der Waals surface area contributed by atoms with Crippen molar-refractivity contribution >= 4 is 11.4 Å². The van der Waals surface area contributed by atoms with Gasteiger partial charge in [0.1, 0.15) is 0 Å². The van der Waals surface area contributed by atoms with Gasteiger partial charge in [0.15, 0.2) is 0 Å². The van der Waals surface area contributed by atoms with E-state index in [9.17, 15) is 0 Å². The fraction of sp³-hybridized carbons (Fsp3) is 0. The van der Waals surface area contributed by atoms with Crippen LogP contribution in [0.15, 0.2) is 0 Å². The summed E-state index contributed by atoms with van der Waals surface area (Å²) in [5.41, 5.74) is 0. The number of hydrogen-bond acceptors (Lipinski definition) is 5. The Morgan fingerprint density at radius 3 is 1.30 bits per heavy atom. The number of rotatable bonds is 0. The van der Waals surface area contributed by atoms with Crippen molar-refractivity contribution in [3.63, 3.8) is 0 Å². The monoisotopic (exact) mass is 179 g/mol. The minimum Gasteiger partial charge on any atom is -0.750 e. The smallest absolute Gasteiger partial charge is 0.0814 e. The van der Waals surface area contributed by atoms with Gasteiger partial charge in [0.25, 0.3) is 0 Å². The average molecular weight is 179 g/mol. The lowest BCUT2D eigenvalue weighted by molar-refractivity contribution is -0.402.